The van der Waals surface area contributed by atoms with Crippen molar-refractivity contribution in [3.05, 3.63) is 60.2 Å². The van der Waals surface area contributed by atoms with Gasteiger partial charge in [-0.2, -0.15) is 0 Å². The van der Waals surface area contributed by atoms with Gasteiger partial charge in [-0.05, 0) is 42.2 Å². The summed E-state index contributed by atoms with van der Waals surface area (Å²) < 4.78 is 5.67. The highest BCUT2D eigenvalue weighted by molar-refractivity contribution is 5.46. The van der Waals surface area contributed by atoms with Crippen LogP contribution in [0.3, 0.4) is 0 Å². The van der Waals surface area contributed by atoms with E-state index < -0.39 is 0 Å². The van der Waals surface area contributed by atoms with Crippen molar-refractivity contribution in [1.29, 1.82) is 0 Å². The molecule has 0 unspecified atom stereocenters. The van der Waals surface area contributed by atoms with Gasteiger partial charge >= 0.3 is 0 Å². The molecule has 0 aromatic heterocycles. The third-order valence-electron chi connectivity index (χ3n) is 3.22. The minimum absolute atomic E-state index is 0.568. The molecule has 0 radical (unpaired) electrons. The molecule has 0 saturated carbocycles. The summed E-state index contributed by atoms with van der Waals surface area (Å²) in [7, 11) is 0. The van der Waals surface area contributed by atoms with Crippen LogP contribution < -0.4 is 10.1 Å². The summed E-state index contributed by atoms with van der Waals surface area (Å²) in [5.41, 5.74) is 2.56. The van der Waals surface area contributed by atoms with Gasteiger partial charge < -0.3 is 10.1 Å². The molecular formula is C18H23NO. The van der Waals surface area contributed by atoms with Gasteiger partial charge in [-0.1, -0.05) is 44.2 Å². The molecular weight excluding hydrogens is 246 g/mol. The minimum Gasteiger partial charge on any atom is -0.494 e. The first-order chi connectivity index (χ1) is 9.75. The summed E-state index contributed by atoms with van der Waals surface area (Å²) in [5.74, 6) is 1.51. The molecule has 0 saturated heterocycles. The predicted molar refractivity (Wildman–Crippen MR) is 85.6 cm³/mol. The van der Waals surface area contributed by atoms with Crippen LogP contribution in [-0.4, -0.2) is 13.2 Å². The van der Waals surface area contributed by atoms with Gasteiger partial charge in [0, 0.05) is 12.2 Å². The average Bonchev–Trinajstić information content (AvgIpc) is 2.48. The number of benzene rings is 2. The second-order valence-electron chi connectivity index (χ2n) is 5.22. The van der Waals surface area contributed by atoms with Crippen molar-refractivity contribution >= 4 is 5.69 Å². The number of nitrogens with one attached hydrogen (secondary N) is 1. The number of ether oxygens (including phenoxy) is 1. The van der Waals surface area contributed by atoms with E-state index in [2.05, 4.69) is 43.4 Å². The Hall–Kier alpha value is -1.96. The van der Waals surface area contributed by atoms with Gasteiger partial charge in [-0.3, -0.25) is 0 Å². The molecule has 0 spiro atoms. The average molecular weight is 269 g/mol. The molecule has 0 bridgehead atoms. The summed E-state index contributed by atoms with van der Waals surface area (Å²) >= 11 is 0. The summed E-state index contributed by atoms with van der Waals surface area (Å²) in [6.07, 6.45) is 0.987. The molecule has 2 aromatic carbocycles. The van der Waals surface area contributed by atoms with E-state index >= 15 is 0 Å². The lowest BCUT2D eigenvalue weighted by Crippen LogP contribution is -2.07. The van der Waals surface area contributed by atoms with Crippen LogP contribution in [0.4, 0.5) is 5.69 Å². The van der Waals surface area contributed by atoms with Crippen LogP contribution in [0.2, 0.25) is 0 Å². The summed E-state index contributed by atoms with van der Waals surface area (Å²) in [6, 6.07) is 18.6. The zero-order chi connectivity index (χ0) is 14.2. The van der Waals surface area contributed by atoms with E-state index in [1.165, 1.54) is 11.3 Å². The van der Waals surface area contributed by atoms with E-state index in [0.717, 1.165) is 25.3 Å². The highest BCUT2D eigenvalue weighted by Crippen LogP contribution is 2.18. The quantitative estimate of drug-likeness (QED) is 0.736. The maximum Gasteiger partial charge on any atom is 0.119 e. The summed E-state index contributed by atoms with van der Waals surface area (Å²) in [5, 5.41) is 3.45. The first kappa shape index (κ1) is 14.4. The van der Waals surface area contributed by atoms with Crippen LogP contribution in [0, 0.1) is 0 Å². The fourth-order valence-electron chi connectivity index (χ4n) is 2.02. The van der Waals surface area contributed by atoms with Crippen LogP contribution >= 0.6 is 0 Å². The minimum atomic E-state index is 0.568. The number of rotatable bonds is 7. The Balaban J connectivity index is 1.69. The second-order valence-corrected chi connectivity index (χ2v) is 5.22. The number of hydrogen-bond acceptors (Lipinski definition) is 2. The van der Waals surface area contributed by atoms with Crippen LogP contribution in [-0.2, 0) is 0 Å². The third kappa shape index (κ3) is 4.61. The largest absolute Gasteiger partial charge is 0.494 e. The van der Waals surface area contributed by atoms with E-state index in [-0.39, 0.29) is 0 Å². The Kier molecular flexibility index (Phi) is 5.48. The molecule has 0 heterocycles. The fraction of sp³-hybridized carbons (Fsp3) is 0.333. The van der Waals surface area contributed by atoms with Gasteiger partial charge in [0.05, 0.1) is 6.61 Å². The second kappa shape index (κ2) is 7.59. The molecule has 106 valence electrons. The van der Waals surface area contributed by atoms with Crippen molar-refractivity contribution in [2.24, 2.45) is 0 Å². The molecule has 2 nitrogen and oxygen atoms in total. The first-order valence-corrected chi connectivity index (χ1v) is 7.27. The van der Waals surface area contributed by atoms with Crippen molar-refractivity contribution in [2.45, 2.75) is 26.2 Å². The molecule has 0 atom stereocenters. The lowest BCUT2D eigenvalue weighted by molar-refractivity contribution is 0.315. The van der Waals surface area contributed by atoms with Crippen molar-refractivity contribution in [1.82, 2.24) is 0 Å². The Morgan fingerprint density at radius 1 is 1.00 bits per heavy atom. The molecule has 0 aliphatic heterocycles. The number of para-hydroxylation sites is 1. The van der Waals surface area contributed by atoms with Gasteiger partial charge in [0.15, 0.2) is 0 Å². The van der Waals surface area contributed by atoms with Gasteiger partial charge in [-0.25, -0.2) is 0 Å². The van der Waals surface area contributed by atoms with Crippen molar-refractivity contribution in [3.8, 4) is 5.75 Å². The normalized spacial score (nSPS) is 10.6. The smallest absolute Gasteiger partial charge is 0.119 e. The van der Waals surface area contributed by atoms with Crippen LogP contribution in [0.15, 0.2) is 54.6 Å². The maximum atomic E-state index is 5.67. The van der Waals surface area contributed by atoms with Crippen molar-refractivity contribution < 1.29 is 4.74 Å². The highest BCUT2D eigenvalue weighted by Gasteiger charge is 1.99. The van der Waals surface area contributed by atoms with E-state index in [1.54, 1.807) is 0 Å². The standard InChI is InChI=1S/C18H23NO/c1-15(2)16-8-6-9-17(14-16)19-12-7-13-20-18-10-4-3-5-11-18/h3-6,8-11,14-15,19H,7,12-13H2,1-2H3. The Morgan fingerprint density at radius 2 is 1.80 bits per heavy atom. The lowest BCUT2D eigenvalue weighted by atomic mass is 10.0. The van der Waals surface area contributed by atoms with Crippen LogP contribution in [0.1, 0.15) is 31.7 Å². The number of hydrogen-bond donors (Lipinski definition) is 1. The predicted octanol–water partition coefficient (Wildman–Crippen LogP) is 4.69. The van der Waals surface area contributed by atoms with Crippen LogP contribution in [0.25, 0.3) is 0 Å². The molecule has 1 N–H and O–H groups in total. The summed E-state index contributed by atoms with van der Waals surface area (Å²) in [6.45, 7) is 6.09. The zero-order valence-corrected chi connectivity index (χ0v) is 12.3. The Bertz CT molecular complexity index is 508. The van der Waals surface area contributed by atoms with E-state index in [9.17, 15) is 0 Å². The Labute approximate surface area is 121 Å². The molecule has 0 amide bonds. The van der Waals surface area contributed by atoms with E-state index in [1.807, 2.05) is 30.3 Å². The molecule has 0 fully saturated rings. The first-order valence-electron chi connectivity index (χ1n) is 7.27. The summed E-state index contributed by atoms with van der Waals surface area (Å²) in [4.78, 5) is 0. The molecule has 2 aromatic rings. The van der Waals surface area contributed by atoms with Crippen molar-refractivity contribution in [3.63, 3.8) is 0 Å². The van der Waals surface area contributed by atoms with E-state index in [4.69, 9.17) is 4.74 Å². The molecule has 2 rings (SSSR count). The topological polar surface area (TPSA) is 21.3 Å². The van der Waals surface area contributed by atoms with E-state index in [0.29, 0.717) is 5.92 Å². The van der Waals surface area contributed by atoms with Gasteiger partial charge in [0.25, 0.3) is 0 Å². The zero-order valence-electron chi connectivity index (χ0n) is 12.3. The van der Waals surface area contributed by atoms with Gasteiger partial charge in [-0.15, -0.1) is 0 Å². The third-order valence-corrected chi connectivity index (χ3v) is 3.22. The Morgan fingerprint density at radius 3 is 2.55 bits per heavy atom. The highest BCUT2D eigenvalue weighted by atomic mass is 16.5. The maximum absolute atomic E-state index is 5.67. The molecule has 0 aliphatic carbocycles. The molecule has 0 aliphatic rings. The number of anilines is 1. The van der Waals surface area contributed by atoms with Crippen molar-refractivity contribution in [2.75, 3.05) is 18.5 Å². The molecule has 2 heteroatoms. The van der Waals surface area contributed by atoms with Gasteiger partial charge in [0.1, 0.15) is 5.75 Å². The van der Waals surface area contributed by atoms with Gasteiger partial charge in [0.2, 0.25) is 0 Å². The lowest BCUT2D eigenvalue weighted by Gasteiger charge is -2.11. The molecule has 20 heavy (non-hydrogen) atoms. The SMILES string of the molecule is CC(C)c1cccc(NCCCOc2ccccc2)c1. The monoisotopic (exact) mass is 269 g/mol. The van der Waals surface area contributed by atoms with Crippen LogP contribution in [0.5, 0.6) is 5.75 Å². The fourth-order valence-corrected chi connectivity index (χ4v) is 2.02.